The van der Waals surface area contributed by atoms with Crippen LogP contribution < -0.4 is 5.32 Å². The number of nitrogens with one attached hydrogen (secondary N) is 1. The third kappa shape index (κ3) is 4.33. The number of para-hydroxylation sites is 2. The van der Waals surface area contributed by atoms with Crippen LogP contribution in [0.4, 0.5) is 0 Å². The van der Waals surface area contributed by atoms with E-state index in [1.54, 1.807) is 6.08 Å². The molecule has 0 radical (unpaired) electrons. The van der Waals surface area contributed by atoms with E-state index in [1.165, 1.54) is 6.08 Å². The zero-order chi connectivity index (χ0) is 18.4. The number of nitrogens with zero attached hydrogens (tertiary/aromatic N) is 2. The molecule has 0 aliphatic carbocycles. The first-order chi connectivity index (χ1) is 12.7. The third-order valence-electron chi connectivity index (χ3n) is 4.21. The first-order valence-corrected chi connectivity index (χ1v) is 9.15. The molecule has 1 N–H and O–H groups in total. The second kappa shape index (κ2) is 8.68. The summed E-state index contributed by atoms with van der Waals surface area (Å²) in [6.07, 6.45) is 4.88. The average molecular weight is 368 g/mol. The van der Waals surface area contributed by atoms with E-state index in [-0.39, 0.29) is 5.91 Å². The largest absolute Gasteiger partial charge is 0.353 e. The van der Waals surface area contributed by atoms with Crippen molar-refractivity contribution in [2.45, 2.75) is 26.3 Å². The number of imidazole rings is 1. The van der Waals surface area contributed by atoms with Gasteiger partial charge >= 0.3 is 0 Å². The fourth-order valence-corrected chi connectivity index (χ4v) is 3.15. The molecule has 0 aliphatic heterocycles. The van der Waals surface area contributed by atoms with Crippen molar-refractivity contribution in [3.05, 3.63) is 77.1 Å². The fraction of sp³-hybridized carbons (Fsp3) is 0.238. The number of allylic oxidation sites excluding steroid dienone is 1. The van der Waals surface area contributed by atoms with E-state index in [0.29, 0.717) is 13.1 Å². The molecule has 3 rings (SSSR count). The molecule has 0 bridgehead atoms. The SMILES string of the molecule is C/C=C\C(=O)NCCCc1nc2ccccc2n1Cc1ccccc1Cl. The van der Waals surface area contributed by atoms with Crippen LogP contribution in [0.2, 0.25) is 5.02 Å². The number of carbonyl (C=O) groups is 1. The van der Waals surface area contributed by atoms with Gasteiger partial charge in [0.15, 0.2) is 0 Å². The molecule has 0 unspecified atom stereocenters. The van der Waals surface area contributed by atoms with Crippen molar-refractivity contribution in [1.82, 2.24) is 14.9 Å². The lowest BCUT2D eigenvalue weighted by molar-refractivity contribution is -0.116. The molecule has 26 heavy (non-hydrogen) atoms. The van der Waals surface area contributed by atoms with E-state index in [9.17, 15) is 4.79 Å². The second-order valence-corrected chi connectivity index (χ2v) is 6.50. The first kappa shape index (κ1) is 18.2. The number of hydrogen-bond donors (Lipinski definition) is 1. The normalized spacial score (nSPS) is 11.3. The number of rotatable bonds is 7. The van der Waals surface area contributed by atoms with Crippen LogP contribution in [0.1, 0.15) is 24.7 Å². The maximum absolute atomic E-state index is 11.5. The zero-order valence-corrected chi connectivity index (χ0v) is 15.5. The molecule has 0 spiro atoms. The van der Waals surface area contributed by atoms with Gasteiger partial charge in [0.2, 0.25) is 5.91 Å². The number of fused-ring (bicyclic) bond motifs is 1. The van der Waals surface area contributed by atoms with Gasteiger partial charge in [-0.2, -0.15) is 0 Å². The Morgan fingerprint density at radius 1 is 1.19 bits per heavy atom. The molecule has 5 heteroatoms. The summed E-state index contributed by atoms with van der Waals surface area (Å²) >= 11 is 6.35. The second-order valence-electron chi connectivity index (χ2n) is 6.09. The average Bonchev–Trinajstić information content (AvgIpc) is 2.98. The Labute approximate surface area is 158 Å². The minimum absolute atomic E-state index is 0.0583. The van der Waals surface area contributed by atoms with Crippen molar-refractivity contribution in [2.24, 2.45) is 0 Å². The van der Waals surface area contributed by atoms with Crippen molar-refractivity contribution in [3.63, 3.8) is 0 Å². The molecule has 0 atom stereocenters. The van der Waals surface area contributed by atoms with Crippen molar-refractivity contribution in [1.29, 1.82) is 0 Å². The van der Waals surface area contributed by atoms with E-state index in [4.69, 9.17) is 16.6 Å². The summed E-state index contributed by atoms with van der Waals surface area (Å²) in [5.41, 5.74) is 3.15. The number of halogens is 1. The van der Waals surface area contributed by atoms with E-state index in [2.05, 4.69) is 16.0 Å². The molecule has 1 amide bonds. The Morgan fingerprint density at radius 2 is 1.96 bits per heavy atom. The van der Waals surface area contributed by atoms with Crippen molar-refractivity contribution >= 4 is 28.5 Å². The first-order valence-electron chi connectivity index (χ1n) is 8.77. The number of benzene rings is 2. The number of amides is 1. The molecule has 2 aromatic carbocycles. The monoisotopic (exact) mass is 367 g/mol. The summed E-state index contributed by atoms with van der Waals surface area (Å²) in [5.74, 6) is 0.948. The zero-order valence-electron chi connectivity index (χ0n) is 14.8. The molecule has 1 heterocycles. The van der Waals surface area contributed by atoms with Gasteiger partial charge in [-0.1, -0.05) is 48.0 Å². The highest BCUT2D eigenvalue weighted by molar-refractivity contribution is 6.31. The summed E-state index contributed by atoms with van der Waals surface area (Å²) in [5, 5.41) is 3.64. The predicted octanol–water partition coefficient (Wildman–Crippen LogP) is 4.36. The molecule has 4 nitrogen and oxygen atoms in total. The highest BCUT2D eigenvalue weighted by atomic mass is 35.5. The van der Waals surface area contributed by atoms with Gasteiger partial charge in [-0.3, -0.25) is 4.79 Å². The summed E-state index contributed by atoms with van der Waals surface area (Å²) in [4.78, 5) is 16.3. The van der Waals surface area contributed by atoms with Gasteiger partial charge in [-0.25, -0.2) is 4.98 Å². The molecule has 3 aromatic rings. The minimum atomic E-state index is -0.0583. The molecule has 0 saturated heterocycles. The van der Waals surface area contributed by atoms with Crippen LogP contribution in [0.15, 0.2) is 60.7 Å². The number of aryl methyl sites for hydroxylation is 1. The summed E-state index contributed by atoms with van der Waals surface area (Å²) < 4.78 is 2.21. The highest BCUT2D eigenvalue weighted by Gasteiger charge is 2.12. The molecule has 0 saturated carbocycles. The molecular formula is C21H22ClN3O. The van der Waals surface area contributed by atoms with Gasteiger partial charge in [0.1, 0.15) is 5.82 Å². The molecular weight excluding hydrogens is 346 g/mol. The van der Waals surface area contributed by atoms with Crippen LogP contribution in [-0.4, -0.2) is 22.0 Å². The molecule has 0 fully saturated rings. The maximum atomic E-state index is 11.5. The van der Waals surface area contributed by atoms with Crippen molar-refractivity contribution in [3.8, 4) is 0 Å². The predicted molar refractivity (Wildman–Crippen MR) is 106 cm³/mol. The lowest BCUT2D eigenvalue weighted by Crippen LogP contribution is -2.22. The third-order valence-corrected chi connectivity index (χ3v) is 4.58. The lowest BCUT2D eigenvalue weighted by Gasteiger charge is -2.11. The van der Waals surface area contributed by atoms with Gasteiger partial charge < -0.3 is 9.88 Å². The van der Waals surface area contributed by atoms with Gasteiger partial charge in [-0.05, 0) is 43.2 Å². The van der Waals surface area contributed by atoms with Crippen LogP contribution in [0.3, 0.4) is 0 Å². The molecule has 134 valence electrons. The van der Waals surface area contributed by atoms with Crippen molar-refractivity contribution < 1.29 is 4.79 Å². The number of aromatic nitrogens is 2. The van der Waals surface area contributed by atoms with E-state index >= 15 is 0 Å². The van der Waals surface area contributed by atoms with Crippen LogP contribution in [0, 0.1) is 0 Å². The van der Waals surface area contributed by atoms with Crippen molar-refractivity contribution in [2.75, 3.05) is 6.54 Å². The molecule has 1 aromatic heterocycles. The summed E-state index contributed by atoms with van der Waals surface area (Å²) in [7, 11) is 0. The smallest absolute Gasteiger partial charge is 0.243 e. The van der Waals surface area contributed by atoms with Gasteiger partial charge in [-0.15, -0.1) is 0 Å². The fourth-order valence-electron chi connectivity index (χ4n) is 2.96. The van der Waals surface area contributed by atoms with E-state index in [1.807, 2.05) is 49.4 Å². The molecule has 0 aliphatic rings. The highest BCUT2D eigenvalue weighted by Crippen LogP contribution is 2.22. The summed E-state index contributed by atoms with van der Waals surface area (Å²) in [6.45, 7) is 3.13. The minimum Gasteiger partial charge on any atom is -0.353 e. The topological polar surface area (TPSA) is 46.9 Å². The van der Waals surface area contributed by atoms with Gasteiger partial charge in [0.25, 0.3) is 0 Å². The van der Waals surface area contributed by atoms with Gasteiger partial charge in [0.05, 0.1) is 17.6 Å². The van der Waals surface area contributed by atoms with Crippen LogP contribution >= 0.6 is 11.6 Å². The van der Waals surface area contributed by atoms with Gasteiger partial charge in [0, 0.05) is 18.0 Å². The number of hydrogen-bond acceptors (Lipinski definition) is 2. The Bertz CT molecular complexity index is 930. The Morgan fingerprint density at radius 3 is 2.77 bits per heavy atom. The Kier molecular flexibility index (Phi) is 6.08. The quantitative estimate of drug-likeness (QED) is 0.498. The Balaban J connectivity index is 1.79. The number of carbonyl (C=O) groups excluding carboxylic acids is 1. The van der Waals surface area contributed by atoms with Crippen LogP contribution in [-0.2, 0) is 17.8 Å². The van der Waals surface area contributed by atoms with Crippen LogP contribution in [0.5, 0.6) is 0 Å². The standard InChI is InChI=1S/C21H22ClN3O/c1-2-8-21(26)23-14-7-13-20-24-18-11-5-6-12-19(18)25(20)15-16-9-3-4-10-17(16)22/h2-6,8-12H,7,13-15H2,1H3,(H,23,26)/b8-2-. The summed E-state index contributed by atoms with van der Waals surface area (Å²) in [6, 6.07) is 16.0. The Hall–Kier alpha value is -2.59. The maximum Gasteiger partial charge on any atom is 0.243 e. The van der Waals surface area contributed by atoms with E-state index < -0.39 is 0 Å². The van der Waals surface area contributed by atoms with E-state index in [0.717, 1.165) is 40.3 Å². The lowest BCUT2D eigenvalue weighted by atomic mass is 10.2. The van der Waals surface area contributed by atoms with Crippen LogP contribution in [0.25, 0.3) is 11.0 Å².